The van der Waals surface area contributed by atoms with Gasteiger partial charge in [-0.1, -0.05) is 0 Å². The maximum atomic E-state index is 13.1. The Labute approximate surface area is 173 Å². The van der Waals surface area contributed by atoms with Crippen molar-refractivity contribution >= 4 is 17.7 Å². The number of anilines is 1. The average molecular weight is 413 g/mol. The van der Waals surface area contributed by atoms with Crippen molar-refractivity contribution in [2.24, 2.45) is 0 Å². The summed E-state index contributed by atoms with van der Waals surface area (Å²) >= 11 is 0. The second kappa shape index (κ2) is 7.85. The zero-order valence-corrected chi connectivity index (χ0v) is 17.2. The molecule has 1 amide bonds. The van der Waals surface area contributed by atoms with Crippen LogP contribution < -0.4 is 4.90 Å². The standard InChI is InChI=1S/C20H23N5O5/c1-19(2,3)30-17(27)16(26)20(4)18(28)24(9-10-29-20)15-6-8-25(23-15)14-5-7-22-13(11-14)12-21/h5-8,11,16,26H,9-10H2,1-4H3/t16?,20-/m1/s1. The minimum absolute atomic E-state index is 0.1000. The minimum Gasteiger partial charge on any atom is -0.458 e. The number of carbonyl (C=O) groups is 2. The molecule has 1 N–H and O–H groups in total. The number of esters is 1. The van der Waals surface area contributed by atoms with Crippen molar-refractivity contribution in [3.05, 3.63) is 36.3 Å². The highest BCUT2D eigenvalue weighted by Crippen LogP contribution is 2.28. The number of amides is 1. The zero-order valence-electron chi connectivity index (χ0n) is 17.2. The Morgan fingerprint density at radius 2 is 2.17 bits per heavy atom. The maximum Gasteiger partial charge on any atom is 0.339 e. The van der Waals surface area contributed by atoms with Crippen LogP contribution in [-0.2, 0) is 19.1 Å². The number of nitrogens with zero attached hydrogens (tertiary/aromatic N) is 5. The van der Waals surface area contributed by atoms with Gasteiger partial charge in [-0.3, -0.25) is 9.69 Å². The third-order valence-electron chi connectivity index (χ3n) is 4.51. The number of carbonyl (C=O) groups excluding carboxylic acids is 2. The monoisotopic (exact) mass is 413 g/mol. The van der Waals surface area contributed by atoms with E-state index in [-0.39, 0.29) is 18.8 Å². The van der Waals surface area contributed by atoms with Gasteiger partial charge < -0.3 is 14.6 Å². The van der Waals surface area contributed by atoms with E-state index in [0.717, 1.165) is 0 Å². The van der Waals surface area contributed by atoms with E-state index in [1.807, 2.05) is 6.07 Å². The van der Waals surface area contributed by atoms with E-state index in [1.165, 1.54) is 22.7 Å². The fourth-order valence-electron chi connectivity index (χ4n) is 3.00. The van der Waals surface area contributed by atoms with E-state index >= 15 is 0 Å². The zero-order chi connectivity index (χ0) is 22.1. The van der Waals surface area contributed by atoms with Crippen molar-refractivity contribution in [2.45, 2.75) is 45.0 Å². The summed E-state index contributed by atoms with van der Waals surface area (Å²) in [4.78, 5) is 30.7. The van der Waals surface area contributed by atoms with Crippen LogP contribution in [0.5, 0.6) is 0 Å². The third-order valence-corrected chi connectivity index (χ3v) is 4.51. The molecule has 1 fully saturated rings. The molecule has 30 heavy (non-hydrogen) atoms. The van der Waals surface area contributed by atoms with E-state index in [0.29, 0.717) is 11.5 Å². The highest BCUT2D eigenvalue weighted by atomic mass is 16.6. The number of pyridine rings is 1. The normalized spacial score (nSPS) is 20.5. The summed E-state index contributed by atoms with van der Waals surface area (Å²) in [6.07, 6.45) is 1.33. The Hall–Kier alpha value is -3.29. The molecule has 10 heteroatoms. The number of nitriles is 1. The largest absolute Gasteiger partial charge is 0.458 e. The van der Waals surface area contributed by atoms with Crippen molar-refractivity contribution in [2.75, 3.05) is 18.1 Å². The van der Waals surface area contributed by atoms with E-state index in [2.05, 4.69) is 10.1 Å². The highest BCUT2D eigenvalue weighted by molar-refractivity contribution is 6.02. The van der Waals surface area contributed by atoms with Gasteiger partial charge in [-0.15, -0.1) is 5.10 Å². The van der Waals surface area contributed by atoms with Gasteiger partial charge in [-0.05, 0) is 33.8 Å². The molecule has 2 aromatic heterocycles. The van der Waals surface area contributed by atoms with Gasteiger partial charge in [0.15, 0.2) is 17.5 Å². The first-order chi connectivity index (χ1) is 14.0. The molecule has 0 spiro atoms. The number of aliphatic hydroxyl groups is 1. The number of ether oxygens (including phenoxy) is 2. The minimum atomic E-state index is -1.81. The molecular formula is C20H23N5O5. The lowest BCUT2D eigenvalue weighted by atomic mass is 9.95. The number of hydrogen-bond acceptors (Lipinski definition) is 8. The molecule has 0 radical (unpaired) electrons. The average Bonchev–Trinajstić information content (AvgIpc) is 3.18. The number of rotatable bonds is 4. The first kappa shape index (κ1) is 21.4. The summed E-state index contributed by atoms with van der Waals surface area (Å²) in [5.41, 5.74) is -1.79. The second-order valence-corrected chi connectivity index (χ2v) is 7.98. The van der Waals surface area contributed by atoms with E-state index in [1.54, 1.807) is 45.2 Å². The first-order valence-electron chi connectivity index (χ1n) is 9.34. The molecule has 1 aliphatic rings. The molecule has 2 atom stereocenters. The molecule has 10 nitrogen and oxygen atoms in total. The van der Waals surface area contributed by atoms with Gasteiger partial charge in [0.05, 0.1) is 18.8 Å². The lowest BCUT2D eigenvalue weighted by Gasteiger charge is -2.40. The molecule has 1 unspecified atom stereocenters. The van der Waals surface area contributed by atoms with Crippen LogP contribution in [0.1, 0.15) is 33.4 Å². The van der Waals surface area contributed by atoms with Crippen LogP contribution in [-0.4, -0.2) is 62.2 Å². The molecule has 2 aromatic rings. The Bertz CT molecular complexity index is 1010. The van der Waals surface area contributed by atoms with Gasteiger partial charge in [0.2, 0.25) is 0 Å². The maximum absolute atomic E-state index is 13.1. The Balaban J connectivity index is 1.84. The smallest absolute Gasteiger partial charge is 0.339 e. The molecule has 3 heterocycles. The van der Waals surface area contributed by atoms with Gasteiger partial charge in [0.1, 0.15) is 17.4 Å². The van der Waals surface area contributed by atoms with Crippen LogP contribution in [0.3, 0.4) is 0 Å². The molecule has 0 aliphatic carbocycles. The van der Waals surface area contributed by atoms with Crippen LogP contribution in [0.2, 0.25) is 0 Å². The summed E-state index contributed by atoms with van der Waals surface area (Å²) in [7, 11) is 0. The molecule has 1 aliphatic heterocycles. The number of aliphatic hydroxyl groups excluding tert-OH is 1. The first-order valence-corrected chi connectivity index (χ1v) is 9.34. The quantitative estimate of drug-likeness (QED) is 0.734. The predicted molar refractivity (Wildman–Crippen MR) is 105 cm³/mol. The second-order valence-electron chi connectivity index (χ2n) is 7.98. The summed E-state index contributed by atoms with van der Waals surface area (Å²) in [5.74, 6) is -1.22. The lowest BCUT2D eigenvalue weighted by molar-refractivity contribution is -0.191. The van der Waals surface area contributed by atoms with E-state index in [4.69, 9.17) is 14.7 Å². The SMILES string of the molecule is CC(C)(C)OC(=O)C(O)[C@@]1(C)OCCN(c2ccn(-c3ccnc(C#N)c3)n2)C1=O. The van der Waals surface area contributed by atoms with Crippen LogP contribution in [0.15, 0.2) is 30.6 Å². The molecule has 158 valence electrons. The Kier molecular flexibility index (Phi) is 5.61. The molecule has 1 saturated heterocycles. The number of hydrogen-bond donors (Lipinski definition) is 1. The number of morpholine rings is 1. The van der Waals surface area contributed by atoms with Gasteiger partial charge >= 0.3 is 5.97 Å². The molecular weight excluding hydrogens is 390 g/mol. The van der Waals surface area contributed by atoms with Crippen molar-refractivity contribution in [3.63, 3.8) is 0 Å². The summed E-state index contributed by atoms with van der Waals surface area (Å²) in [5, 5.41) is 23.9. The Morgan fingerprint density at radius 3 is 2.83 bits per heavy atom. The third kappa shape index (κ3) is 4.17. The Morgan fingerprint density at radius 1 is 1.43 bits per heavy atom. The van der Waals surface area contributed by atoms with E-state index < -0.39 is 29.2 Å². The summed E-state index contributed by atoms with van der Waals surface area (Å²) in [6.45, 7) is 6.65. The van der Waals surface area contributed by atoms with Gasteiger partial charge in [-0.2, -0.15) is 5.26 Å². The van der Waals surface area contributed by atoms with E-state index in [9.17, 15) is 14.7 Å². The van der Waals surface area contributed by atoms with Crippen LogP contribution in [0.25, 0.3) is 5.69 Å². The van der Waals surface area contributed by atoms with Gasteiger partial charge in [0, 0.05) is 24.5 Å². The lowest BCUT2D eigenvalue weighted by Crippen LogP contribution is -2.63. The fraction of sp³-hybridized carbons (Fsp3) is 0.450. The summed E-state index contributed by atoms with van der Waals surface area (Å²) < 4.78 is 12.2. The van der Waals surface area contributed by atoms with Gasteiger partial charge in [-0.25, -0.2) is 14.5 Å². The molecule has 3 rings (SSSR count). The van der Waals surface area contributed by atoms with Crippen molar-refractivity contribution < 1.29 is 24.2 Å². The summed E-state index contributed by atoms with van der Waals surface area (Å²) in [6, 6.07) is 6.82. The fourth-order valence-corrected chi connectivity index (χ4v) is 3.00. The van der Waals surface area contributed by atoms with Crippen molar-refractivity contribution in [1.29, 1.82) is 5.26 Å². The number of aromatic nitrogens is 3. The van der Waals surface area contributed by atoms with Crippen LogP contribution in [0, 0.1) is 11.3 Å². The van der Waals surface area contributed by atoms with Crippen molar-refractivity contribution in [1.82, 2.24) is 14.8 Å². The topological polar surface area (TPSA) is 131 Å². The van der Waals surface area contributed by atoms with Crippen LogP contribution in [0.4, 0.5) is 5.82 Å². The van der Waals surface area contributed by atoms with Crippen molar-refractivity contribution in [3.8, 4) is 11.8 Å². The van der Waals surface area contributed by atoms with Gasteiger partial charge in [0.25, 0.3) is 5.91 Å². The van der Waals surface area contributed by atoms with Crippen LogP contribution >= 0.6 is 0 Å². The highest BCUT2D eigenvalue weighted by Gasteiger charge is 2.52. The molecule has 0 aromatic carbocycles. The predicted octanol–water partition coefficient (Wildman–Crippen LogP) is 0.963. The molecule has 0 saturated carbocycles. The molecule has 0 bridgehead atoms.